The maximum Gasteiger partial charge on any atom is 0.267 e. The van der Waals surface area contributed by atoms with Gasteiger partial charge in [0.25, 0.3) is 5.56 Å². The van der Waals surface area contributed by atoms with Gasteiger partial charge >= 0.3 is 0 Å². The van der Waals surface area contributed by atoms with E-state index in [0.717, 1.165) is 50.8 Å². The van der Waals surface area contributed by atoms with Gasteiger partial charge in [-0.25, -0.2) is 4.98 Å². The molecular formula is C26H34N2O2S2. The minimum Gasteiger partial charge on any atom is -0.372 e. The van der Waals surface area contributed by atoms with E-state index in [4.69, 9.17) is 9.72 Å². The number of para-hydroxylation sites is 1. The van der Waals surface area contributed by atoms with Crippen LogP contribution in [0.15, 0.2) is 34.2 Å². The summed E-state index contributed by atoms with van der Waals surface area (Å²) >= 11 is 3.35. The second-order valence-electron chi connectivity index (χ2n) is 9.07. The van der Waals surface area contributed by atoms with Gasteiger partial charge in [-0.1, -0.05) is 76.4 Å². The SMILES string of the molecule is CCCCCCCSc1nc2sc3c(c2c(=O)n1-c1ccccc1C)C[C@H](C(C)C)OC3. The summed E-state index contributed by atoms with van der Waals surface area (Å²) in [4.78, 5) is 21.0. The van der Waals surface area contributed by atoms with Crippen molar-refractivity contribution >= 4 is 33.3 Å². The highest BCUT2D eigenvalue weighted by atomic mass is 32.2. The maximum atomic E-state index is 14.0. The largest absolute Gasteiger partial charge is 0.372 e. The number of hydrogen-bond donors (Lipinski definition) is 0. The molecule has 0 amide bonds. The van der Waals surface area contributed by atoms with Crippen LogP contribution >= 0.6 is 23.1 Å². The molecule has 172 valence electrons. The molecule has 0 saturated heterocycles. The molecule has 2 aromatic heterocycles. The van der Waals surface area contributed by atoms with Crippen LogP contribution < -0.4 is 5.56 Å². The Bertz CT molecular complexity index is 1130. The van der Waals surface area contributed by atoms with Crippen LogP contribution in [0.4, 0.5) is 0 Å². The van der Waals surface area contributed by atoms with Gasteiger partial charge in [-0.3, -0.25) is 9.36 Å². The summed E-state index contributed by atoms with van der Waals surface area (Å²) in [5.74, 6) is 1.41. The van der Waals surface area contributed by atoms with Crippen LogP contribution in [-0.2, 0) is 17.8 Å². The van der Waals surface area contributed by atoms with E-state index in [9.17, 15) is 4.79 Å². The molecule has 1 atom stereocenters. The summed E-state index contributed by atoms with van der Waals surface area (Å²) in [5, 5.41) is 1.61. The topological polar surface area (TPSA) is 44.1 Å². The van der Waals surface area contributed by atoms with Gasteiger partial charge in [0.1, 0.15) is 4.83 Å². The molecule has 0 unspecified atom stereocenters. The molecule has 0 fully saturated rings. The average molecular weight is 471 g/mol. The Labute approximate surface area is 199 Å². The lowest BCUT2D eigenvalue weighted by molar-refractivity contribution is 0.00200. The first kappa shape index (κ1) is 23.5. The number of rotatable bonds is 9. The van der Waals surface area contributed by atoms with Gasteiger partial charge in [-0.15, -0.1) is 11.3 Å². The third-order valence-corrected chi connectivity index (χ3v) is 8.41. The molecule has 4 rings (SSSR count). The van der Waals surface area contributed by atoms with Crippen molar-refractivity contribution in [3.8, 4) is 5.69 Å². The number of aryl methyl sites for hydroxylation is 1. The van der Waals surface area contributed by atoms with E-state index in [-0.39, 0.29) is 11.7 Å². The van der Waals surface area contributed by atoms with Crippen molar-refractivity contribution in [2.24, 2.45) is 5.92 Å². The van der Waals surface area contributed by atoms with Crippen molar-refractivity contribution < 1.29 is 4.74 Å². The third kappa shape index (κ3) is 4.82. The van der Waals surface area contributed by atoms with Gasteiger partial charge in [-0.2, -0.15) is 0 Å². The van der Waals surface area contributed by atoms with E-state index in [1.54, 1.807) is 23.1 Å². The van der Waals surface area contributed by atoms with E-state index < -0.39 is 0 Å². The van der Waals surface area contributed by atoms with Gasteiger partial charge < -0.3 is 4.74 Å². The van der Waals surface area contributed by atoms with Crippen LogP contribution in [0, 0.1) is 12.8 Å². The number of fused-ring (bicyclic) bond motifs is 3. The van der Waals surface area contributed by atoms with E-state index in [1.165, 1.54) is 30.6 Å². The predicted molar refractivity (Wildman–Crippen MR) is 137 cm³/mol. The Morgan fingerprint density at radius 2 is 2.00 bits per heavy atom. The fourth-order valence-electron chi connectivity index (χ4n) is 4.33. The first-order valence-corrected chi connectivity index (χ1v) is 13.7. The van der Waals surface area contributed by atoms with Crippen molar-refractivity contribution in [3.63, 3.8) is 0 Å². The monoisotopic (exact) mass is 470 g/mol. The standard InChI is InChI=1S/C26H34N2O2S2/c1-5-6-7-8-11-14-31-26-27-24-23(19-15-21(17(2)3)30-16-22(19)32-24)25(29)28(26)20-13-10-9-12-18(20)4/h9-10,12-13,17,21H,5-8,11,14-16H2,1-4H3/t21-/m1/s1. The molecule has 0 radical (unpaired) electrons. The Balaban J connectivity index is 1.76. The van der Waals surface area contributed by atoms with Gasteiger partial charge in [0.2, 0.25) is 0 Å². The Hall–Kier alpha value is -1.63. The van der Waals surface area contributed by atoms with Crippen molar-refractivity contribution in [1.29, 1.82) is 0 Å². The lowest BCUT2D eigenvalue weighted by atomic mass is 9.96. The summed E-state index contributed by atoms with van der Waals surface area (Å²) in [5.41, 5.74) is 3.26. The van der Waals surface area contributed by atoms with Crippen LogP contribution in [0.2, 0.25) is 0 Å². The summed E-state index contributed by atoms with van der Waals surface area (Å²) in [6.07, 6.45) is 7.16. The molecule has 0 aliphatic carbocycles. The van der Waals surface area contributed by atoms with Crippen LogP contribution in [0.25, 0.3) is 15.9 Å². The molecule has 3 aromatic rings. The lowest BCUT2D eigenvalue weighted by Gasteiger charge is -2.26. The summed E-state index contributed by atoms with van der Waals surface area (Å²) in [6.45, 7) is 9.26. The first-order valence-electron chi connectivity index (χ1n) is 11.9. The number of hydrogen-bond acceptors (Lipinski definition) is 5. The molecule has 32 heavy (non-hydrogen) atoms. The fraction of sp³-hybridized carbons (Fsp3) is 0.538. The number of thiophene rings is 1. The molecule has 1 aromatic carbocycles. The van der Waals surface area contributed by atoms with Crippen molar-refractivity contribution in [2.45, 2.75) is 84.1 Å². The summed E-state index contributed by atoms with van der Waals surface area (Å²) in [7, 11) is 0. The number of thioether (sulfide) groups is 1. The van der Waals surface area contributed by atoms with Crippen molar-refractivity contribution in [2.75, 3.05) is 5.75 Å². The number of aromatic nitrogens is 2. The Morgan fingerprint density at radius 1 is 1.22 bits per heavy atom. The fourth-order valence-corrected chi connectivity index (χ4v) is 6.50. The zero-order valence-electron chi connectivity index (χ0n) is 19.6. The average Bonchev–Trinajstić information content (AvgIpc) is 3.15. The van der Waals surface area contributed by atoms with Crippen LogP contribution in [0.1, 0.15) is 68.9 Å². The molecule has 6 heteroatoms. The second-order valence-corrected chi connectivity index (χ2v) is 11.2. The van der Waals surface area contributed by atoms with Crippen molar-refractivity contribution in [3.05, 3.63) is 50.6 Å². The predicted octanol–water partition coefficient (Wildman–Crippen LogP) is 6.92. The molecule has 0 bridgehead atoms. The highest BCUT2D eigenvalue weighted by Crippen LogP contribution is 2.36. The van der Waals surface area contributed by atoms with Crippen LogP contribution in [-0.4, -0.2) is 21.4 Å². The maximum absolute atomic E-state index is 14.0. The molecule has 1 aliphatic heterocycles. The number of benzene rings is 1. The number of ether oxygens (including phenoxy) is 1. The second kappa shape index (κ2) is 10.5. The molecular weight excluding hydrogens is 436 g/mol. The highest BCUT2D eigenvalue weighted by Gasteiger charge is 2.28. The quantitative estimate of drug-likeness (QED) is 0.193. The summed E-state index contributed by atoms with van der Waals surface area (Å²) in [6, 6.07) is 8.13. The minimum absolute atomic E-state index is 0.0692. The third-order valence-electron chi connectivity index (χ3n) is 6.29. The Morgan fingerprint density at radius 3 is 2.75 bits per heavy atom. The van der Waals surface area contributed by atoms with Crippen LogP contribution in [0.3, 0.4) is 0 Å². The summed E-state index contributed by atoms with van der Waals surface area (Å²) < 4.78 is 7.94. The van der Waals surface area contributed by atoms with Gasteiger partial charge in [0, 0.05) is 17.1 Å². The lowest BCUT2D eigenvalue weighted by Crippen LogP contribution is -2.28. The zero-order chi connectivity index (χ0) is 22.7. The zero-order valence-corrected chi connectivity index (χ0v) is 21.3. The molecule has 0 N–H and O–H groups in total. The van der Waals surface area contributed by atoms with Gasteiger partial charge in [-0.05, 0) is 36.5 Å². The molecule has 3 heterocycles. The van der Waals surface area contributed by atoms with Gasteiger partial charge in [0.15, 0.2) is 5.16 Å². The highest BCUT2D eigenvalue weighted by molar-refractivity contribution is 7.99. The normalized spacial score (nSPS) is 16.1. The molecule has 0 spiro atoms. The number of nitrogens with zero attached hydrogens (tertiary/aromatic N) is 2. The van der Waals surface area contributed by atoms with E-state index >= 15 is 0 Å². The molecule has 1 aliphatic rings. The van der Waals surface area contributed by atoms with Crippen molar-refractivity contribution in [1.82, 2.24) is 9.55 Å². The van der Waals surface area contributed by atoms with E-state index in [0.29, 0.717) is 12.5 Å². The van der Waals surface area contributed by atoms with Crippen LogP contribution in [0.5, 0.6) is 0 Å². The molecule has 0 saturated carbocycles. The van der Waals surface area contributed by atoms with E-state index in [1.807, 2.05) is 22.8 Å². The van der Waals surface area contributed by atoms with E-state index in [2.05, 4.69) is 33.8 Å². The van der Waals surface area contributed by atoms with Gasteiger partial charge in [0.05, 0.1) is 23.8 Å². The smallest absolute Gasteiger partial charge is 0.267 e. The first-order chi connectivity index (χ1) is 15.5. The Kier molecular flexibility index (Phi) is 7.74. The number of unbranched alkanes of at least 4 members (excludes halogenated alkanes) is 4. The minimum atomic E-state index is 0.0692. The molecule has 4 nitrogen and oxygen atoms in total.